The van der Waals surface area contributed by atoms with Crippen LogP contribution in [0.5, 0.6) is 34.5 Å². The van der Waals surface area contributed by atoms with E-state index >= 15 is 0 Å². The van der Waals surface area contributed by atoms with E-state index in [1.807, 2.05) is 72.8 Å². The Morgan fingerprint density at radius 3 is 1.02 bits per heavy atom. The molecule has 44 heavy (non-hydrogen) atoms. The molecule has 8 nitrogen and oxygen atoms in total. The van der Waals surface area contributed by atoms with E-state index < -0.39 is 11.9 Å². The second-order valence-corrected chi connectivity index (χ2v) is 9.54. The zero-order chi connectivity index (χ0) is 31.3. The summed E-state index contributed by atoms with van der Waals surface area (Å²) in [6, 6.07) is 25.3. The lowest BCUT2D eigenvalue weighted by Gasteiger charge is -2.07. The van der Waals surface area contributed by atoms with Gasteiger partial charge in [-0.25, -0.2) is 0 Å². The molecule has 0 fully saturated rings. The SMILES string of the molecule is COc1cc(/C=C/c2ccc(OC(=O)CCC(=O)Oc3ccc(/C=C/c4cc(OC)cc(OC)c4)cc3)cc2)cc(OC)c1. The monoisotopic (exact) mass is 594 g/mol. The topological polar surface area (TPSA) is 89.5 Å². The van der Waals surface area contributed by atoms with Gasteiger partial charge in [0.05, 0.1) is 41.3 Å². The van der Waals surface area contributed by atoms with Crippen LogP contribution in [-0.2, 0) is 9.59 Å². The van der Waals surface area contributed by atoms with Crippen LogP contribution in [0.1, 0.15) is 35.1 Å². The van der Waals surface area contributed by atoms with E-state index in [1.54, 1.807) is 64.8 Å². The Hall–Kier alpha value is -5.50. The maximum absolute atomic E-state index is 12.3. The lowest BCUT2D eigenvalue weighted by atomic mass is 10.1. The molecule has 0 atom stereocenters. The molecule has 0 saturated carbocycles. The van der Waals surface area contributed by atoms with Crippen LogP contribution in [0.4, 0.5) is 0 Å². The third kappa shape index (κ3) is 9.52. The molecule has 0 heterocycles. The third-order valence-electron chi connectivity index (χ3n) is 6.44. The summed E-state index contributed by atoms with van der Waals surface area (Å²) in [7, 11) is 6.42. The molecule has 0 radical (unpaired) electrons. The van der Waals surface area contributed by atoms with Crippen molar-refractivity contribution in [3.05, 3.63) is 107 Å². The summed E-state index contributed by atoms with van der Waals surface area (Å²) in [5.74, 6) is 2.52. The van der Waals surface area contributed by atoms with E-state index in [-0.39, 0.29) is 12.8 Å². The first-order chi connectivity index (χ1) is 21.4. The van der Waals surface area contributed by atoms with Crippen molar-refractivity contribution in [1.29, 1.82) is 0 Å². The summed E-state index contributed by atoms with van der Waals surface area (Å²) in [6.45, 7) is 0. The third-order valence-corrected chi connectivity index (χ3v) is 6.44. The molecule has 0 N–H and O–H groups in total. The van der Waals surface area contributed by atoms with E-state index in [0.29, 0.717) is 34.5 Å². The molecule has 0 aromatic heterocycles. The smallest absolute Gasteiger partial charge is 0.311 e. The Bertz CT molecular complexity index is 1450. The van der Waals surface area contributed by atoms with E-state index in [2.05, 4.69) is 0 Å². The van der Waals surface area contributed by atoms with Crippen LogP contribution in [0.25, 0.3) is 24.3 Å². The molecule has 0 spiro atoms. The maximum atomic E-state index is 12.3. The highest BCUT2D eigenvalue weighted by atomic mass is 16.5. The largest absolute Gasteiger partial charge is 0.497 e. The minimum absolute atomic E-state index is 0.108. The minimum Gasteiger partial charge on any atom is -0.497 e. The predicted octanol–water partition coefficient (Wildman–Crippen LogP) is 7.35. The fourth-order valence-corrected chi connectivity index (χ4v) is 4.10. The summed E-state index contributed by atoms with van der Waals surface area (Å²) in [5.41, 5.74) is 3.67. The molecule has 4 aromatic carbocycles. The molecule has 4 aromatic rings. The van der Waals surface area contributed by atoms with Gasteiger partial charge in [-0.05, 0) is 70.8 Å². The van der Waals surface area contributed by atoms with Crippen LogP contribution >= 0.6 is 0 Å². The lowest BCUT2D eigenvalue weighted by molar-refractivity contribution is -0.140. The first kappa shape index (κ1) is 31.4. The summed E-state index contributed by atoms with van der Waals surface area (Å²) < 4.78 is 32.0. The van der Waals surface area contributed by atoms with Crippen molar-refractivity contribution in [3.8, 4) is 34.5 Å². The standard InChI is InChI=1S/C36H34O8/c1-39-31-19-27(20-32(23-31)40-2)7-5-25-9-13-29(14-10-25)43-35(37)17-18-36(38)44-30-15-11-26(12-16-30)6-8-28-21-33(41-3)24-34(22-28)42-4/h5-16,19-24H,17-18H2,1-4H3/b7-5+,8-6+. The Morgan fingerprint density at radius 1 is 0.432 bits per heavy atom. The maximum Gasteiger partial charge on any atom is 0.311 e. The fraction of sp³-hybridized carbons (Fsp3) is 0.167. The number of rotatable bonds is 13. The van der Waals surface area contributed by atoms with Gasteiger partial charge in [0.25, 0.3) is 0 Å². The van der Waals surface area contributed by atoms with Gasteiger partial charge in [-0.15, -0.1) is 0 Å². The van der Waals surface area contributed by atoms with Gasteiger partial charge in [0.1, 0.15) is 34.5 Å². The van der Waals surface area contributed by atoms with Crippen molar-refractivity contribution >= 4 is 36.2 Å². The fourth-order valence-electron chi connectivity index (χ4n) is 4.10. The Morgan fingerprint density at radius 2 is 0.727 bits per heavy atom. The molecule has 4 rings (SSSR count). The molecular formula is C36H34O8. The zero-order valence-electron chi connectivity index (χ0n) is 25.1. The highest BCUT2D eigenvalue weighted by molar-refractivity contribution is 5.80. The van der Waals surface area contributed by atoms with Crippen LogP contribution in [0.15, 0.2) is 84.9 Å². The minimum atomic E-state index is -0.525. The van der Waals surface area contributed by atoms with Gasteiger partial charge in [0.15, 0.2) is 0 Å². The number of benzene rings is 4. The molecule has 0 aliphatic rings. The second-order valence-electron chi connectivity index (χ2n) is 9.54. The van der Waals surface area contributed by atoms with Crippen molar-refractivity contribution < 1.29 is 38.0 Å². The molecule has 8 heteroatoms. The van der Waals surface area contributed by atoms with Crippen LogP contribution in [0.3, 0.4) is 0 Å². The Balaban J connectivity index is 1.23. The number of ether oxygens (including phenoxy) is 6. The van der Waals surface area contributed by atoms with Crippen molar-refractivity contribution in [2.45, 2.75) is 12.8 Å². The molecular weight excluding hydrogens is 560 g/mol. The van der Waals surface area contributed by atoms with Crippen molar-refractivity contribution in [3.63, 3.8) is 0 Å². The average molecular weight is 595 g/mol. The van der Waals surface area contributed by atoms with Gasteiger partial charge in [-0.1, -0.05) is 48.6 Å². The first-order valence-electron chi connectivity index (χ1n) is 13.8. The number of esters is 2. The van der Waals surface area contributed by atoms with Crippen LogP contribution in [0.2, 0.25) is 0 Å². The average Bonchev–Trinajstić information content (AvgIpc) is 3.06. The summed E-state index contributed by atoms with van der Waals surface area (Å²) in [4.78, 5) is 24.6. The van der Waals surface area contributed by atoms with E-state index in [9.17, 15) is 9.59 Å². The quantitative estimate of drug-likeness (QED) is 0.0902. The molecule has 0 amide bonds. The number of carbonyl (C=O) groups excluding carboxylic acids is 2. The number of carbonyl (C=O) groups is 2. The number of hydrogen-bond donors (Lipinski definition) is 0. The second kappa shape index (κ2) is 15.7. The van der Waals surface area contributed by atoms with Crippen molar-refractivity contribution in [1.82, 2.24) is 0 Å². The van der Waals surface area contributed by atoms with Gasteiger partial charge < -0.3 is 28.4 Å². The van der Waals surface area contributed by atoms with E-state index in [0.717, 1.165) is 22.3 Å². The molecule has 0 aliphatic heterocycles. The first-order valence-corrected chi connectivity index (χ1v) is 13.8. The van der Waals surface area contributed by atoms with Crippen molar-refractivity contribution in [2.75, 3.05) is 28.4 Å². The highest BCUT2D eigenvalue weighted by Gasteiger charge is 2.11. The molecule has 0 aliphatic carbocycles. The van der Waals surface area contributed by atoms with Crippen molar-refractivity contribution in [2.24, 2.45) is 0 Å². The molecule has 0 unspecified atom stereocenters. The number of methoxy groups -OCH3 is 4. The van der Waals surface area contributed by atoms with Gasteiger partial charge in [-0.3, -0.25) is 9.59 Å². The van der Waals surface area contributed by atoms with Gasteiger partial charge >= 0.3 is 11.9 Å². The molecule has 0 saturated heterocycles. The van der Waals surface area contributed by atoms with Gasteiger partial charge in [0, 0.05) is 12.1 Å². The van der Waals surface area contributed by atoms with Gasteiger partial charge in [0.2, 0.25) is 0 Å². The summed E-state index contributed by atoms with van der Waals surface area (Å²) in [5, 5.41) is 0. The van der Waals surface area contributed by atoms with E-state index in [4.69, 9.17) is 28.4 Å². The van der Waals surface area contributed by atoms with Crippen LogP contribution in [0, 0.1) is 0 Å². The summed E-state index contributed by atoms with van der Waals surface area (Å²) in [6.07, 6.45) is 7.50. The highest BCUT2D eigenvalue weighted by Crippen LogP contribution is 2.25. The predicted molar refractivity (Wildman–Crippen MR) is 170 cm³/mol. The Labute approximate surface area is 257 Å². The number of hydrogen-bond acceptors (Lipinski definition) is 8. The van der Waals surface area contributed by atoms with Crippen LogP contribution < -0.4 is 28.4 Å². The molecule has 0 bridgehead atoms. The summed E-state index contributed by atoms with van der Waals surface area (Å²) >= 11 is 0. The van der Waals surface area contributed by atoms with Gasteiger partial charge in [-0.2, -0.15) is 0 Å². The lowest BCUT2D eigenvalue weighted by Crippen LogP contribution is -2.14. The Kier molecular flexibility index (Phi) is 11.2. The van der Waals surface area contributed by atoms with E-state index in [1.165, 1.54) is 0 Å². The zero-order valence-corrected chi connectivity index (χ0v) is 25.1. The van der Waals surface area contributed by atoms with Crippen LogP contribution in [-0.4, -0.2) is 40.4 Å². The molecule has 226 valence electrons. The normalized spacial score (nSPS) is 10.9.